The molecule has 0 bridgehead atoms. The molecule has 0 radical (unpaired) electrons. The van der Waals surface area contributed by atoms with Gasteiger partial charge in [-0.05, 0) is 14.1 Å². The minimum absolute atomic E-state index is 0.0201. The molecular weight excluding hydrogens is 196 g/mol. The van der Waals surface area contributed by atoms with E-state index in [2.05, 4.69) is 0 Å². The second-order valence-electron chi connectivity index (χ2n) is 4.05. The van der Waals surface area contributed by atoms with Crippen molar-refractivity contribution in [3.63, 3.8) is 0 Å². The molecule has 1 rings (SSSR count). The van der Waals surface area contributed by atoms with Crippen LogP contribution in [0.15, 0.2) is 0 Å². The highest BCUT2D eigenvalue weighted by molar-refractivity contribution is 5.76. The van der Waals surface area contributed by atoms with Crippen molar-refractivity contribution in [1.29, 1.82) is 0 Å². The summed E-state index contributed by atoms with van der Waals surface area (Å²) in [6.45, 7) is 2.34. The van der Waals surface area contributed by atoms with Gasteiger partial charge >= 0.3 is 0 Å². The van der Waals surface area contributed by atoms with E-state index in [1.807, 2.05) is 19.0 Å². The van der Waals surface area contributed by atoms with Crippen molar-refractivity contribution in [3.05, 3.63) is 0 Å². The molecule has 0 spiro atoms. The molecule has 5 heteroatoms. The van der Waals surface area contributed by atoms with Gasteiger partial charge in [0.1, 0.15) is 0 Å². The third-order valence-corrected chi connectivity index (χ3v) is 2.53. The fourth-order valence-electron chi connectivity index (χ4n) is 1.60. The lowest BCUT2D eigenvalue weighted by molar-refractivity contribution is -0.141. The molecule has 0 aromatic rings. The molecule has 1 amide bonds. The van der Waals surface area contributed by atoms with Crippen LogP contribution in [0.4, 0.5) is 0 Å². The van der Waals surface area contributed by atoms with Gasteiger partial charge in [0.2, 0.25) is 5.91 Å². The van der Waals surface area contributed by atoms with Gasteiger partial charge in [-0.2, -0.15) is 0 Å². The van der Waals surface area contributed by atoms with Crippen molar-refractivity contribution in [1.82, 2.24) is 9.80 Å². The van der Waals surface area contributed by atoms with Crippen molar-refractivity contribution in [3.8, 4) is 0 Å². The number of aliphatic hydroxyl groups excluding tert-OH is 1. The molecule has 1 fully saturated rings. The summed E-state index contributed by atoms with van der Waals surface area (Å²) in [4.78, 5) is 15.5. The largest absolute Gasteiger partial charge is 0.394 e. The zero-order valence-corrected chi connectivity index (χ0v) is 9.48. The third-order valence-electron chi connectivity index (χ3n) is 2.53. The fraction of sp³-hybridized carbons (Fsp3) is 0.900. The summed E-state index contributed by atoms with van der Waals surface area (Å²) in [5.41, 5.74) is 0. The van der Waals surface area contributed by atoms with Crippen molar-refractivity contribution in [2.24, 2.45) is 0 Å². The molecule has 0 aromatic carbocycles. The molecule has 0 aromatic heterocycles. The Morgan fingerprint density at radius 2 is 2.33 bits per heavy atom. The van der Waals surface area contributed by atoms with Crippen molar-refractivity contribution >= 4 is 5.91 Å². The molecule has 15 heavy (non-hydrogen) atoms. The number of ether oxygens (including phenoxy) is 1. The van der Waals surface area contributed by atoms with E-state index < -0.39 is 0 Å². The SMILES string of the molecule is CN(C)CCC(=O)N1CCOCC1CO. The van der Waals surface area contributed by atoms with E-state index in [0.717, 1.165) is 6.54 Å². The smallest absolute Gasteiger partial charge is 0.224 e. The van der Waals surface area contributed by atoms with Crippen LogP contribution in [0.5, 0.6) is 0 Å². The number of hydrogen-bond acceptors (Lipinski definition) is 4. The predicted octanol–water partition coefficient (Wildman–Crippen LogP) is -0.842. The number of carbonyl (C=O) groups excluding carboxylic acids is 1. The maximum Gasteiger partial charge on any atom is 0.224 e. The minimum Gasteiger partial charge on any atom is -0.394 e. The average molecular weight is 216 g/mol. The van der Waals surface area contributed by atoms with Crippen LogP contribution >= 0.6 is 0 Å². The number of morpholine rings is 1. The van der Waals surface area contributed by atoms with E-state index in [4.69, 9.17) is 9.84 Å². The first-order valence-corrected chi connectivity index (χ1v) is 5.28. The van der Waals surface area contributed by atoms with Crippen molar-refractivity contribution in [2.75, 3.05) is 47.0 Å². The van der Waals surface area contributed by atoms with Gasteiger partial charge in [-0.3, -0.25) is 4.79 Å². The quantitative estimate of drug-likeness (QED) is 0.665. The van der Waals surface area contributed by atoms with Gasteiger partial charge in [0.25, 0.3) is 0 Å². The fourth-order valence-corrected chi connectivity index (χ4v) is 1.60. The Kier molecular flexibility index (Phi) is 5.01. The lowest BCUT2D eigenvalue weighted by Crippen LogP contribution is -2.50. The Morgan fingerprint density at radius 1 is 1.60 bits per heavy atom. The molecule has 1 aliphatic rings. The Hall–Kier alpha value is -0.650. The zero-order valence-electron chi connectivity index (χ0n) is 9.48. The number of nitrogens with zero attached hydrogens (tertiary/aromatic N) is 2. The summed E-state index contributed by atoms with van der Waals surface area (Å²) in [6.07, 6.45) is 0.503. The average Bonchev–Trinajstić information content (AvgIpc) is 2.25. The van der Waals surface area contributed by atoms with E-state index in [1.165, 1.54) is 0 Å². The molecule has 1 heterocycles. The number of rotatable bonds is 4. The van der Waals surface area contributed by atoms with Crippen LogP contribution in [0.2, 0.25) is 0 Å². The maximum atomic E-state index is 11.8. The van der Waals surface area contributed by atoms with Gasteiger partial charge in [0.05, 0.1) is 25.9 Å². The molecule has 1 atom stereocenters. The molecular formula is C10H20N2O3. The van der Waals surface area contributed by atoms with Crippen LogP contribution in [0.3, 0.4) is 0 Å². The maximum absolute atomic E-state index is 11.8. The van der Waals surface area contributed by atoms with Gasteiger partial charge in [-0.15, -0.1) is 0 Å². The van der Waals surface area contributed by atoms with E-state index in [0.29, 0.717) is 26.2 Å². The highest BCUT2D eigenvalue weighted by Crippen LogP contribution is 2.08. The molecule has 1 saturated heterocycles. The number of amides is 1. The Labute approximate surface area is 90.6 Å². The summed E-state index contributed by atoms with van der Waals surface area (Å²) in [5.74, 6) is 0.103. The highest BCUT2D eigenvalue weighted by Gasteiger charge is 2.26. The van der Waals surface area contributed by atoms with Crippen molar-refractivity contribution in [2.45, 2.75) is 12.5 Å². The van der Waals surface area contributed by atoms with Crippen LogP contribution in [0, 0.1) is 0 Å². The van der Waals surface area contributed by atoms with E-state index in [9.17, 15) is 4.79 Å². The second-order valence-corrected chi connectivity index (χ2v) is 4.05. The molecule has 1 aliphatic heterocycles. The third kappa shape index (κ3) is 3.77. The summed E-state index contributed by atoms with van der Waals surface area (Å²) in [7, 11) is 3.88. The van der Waals surface area contributed by atoms with E-state index >= 15 is 0 Å². The number of hydrogen-bond donors (Lipinski definition) is 1. The van der Waals surface area contributed by atoms with Gasteiger partial charge in [0.15, 0.2) is 0 Å². The molecule has 0 aliphatic carbocycles. The lowest BCUT2D eigenvalue weighted by Gasteiger charge is -2.34. The number of carbonyl (C=O) groups is 1. The Balaban J connectivity index is 2.41. The first kappa shape index (κ1) is 12.4. The first-order chi connectivity index (χ1) is 7.15. The molecule has 5 nitrogen and oxygen atoms in total. The monoisotopic (exact) mass is 216 g/mol. The van der Waals surface area contributed by atoms with E-state index in [1.54, 1.807) is 4.90 Å². The summed E-state index contributed by atoms with van der Waals surface area (Å²) >= 11 is 0. The zero-order chi connectivity index (χ0) is 11.3. The Morgan fingerprint density at radius 3 is 2.93 bits per heavy atom. The van der Waals surface area contributed by atoms with Gasteiger partial charge in [-0.25, -0.2) is 0 Å². The Bertz CT molecular complexity index is 209. The van der Waals surface area contributed by atoms with Crippen LogP contribution in [-0.4, -0.2) is 73.9 Å². The molecule has 88 valence electrons. The molecule has 0 saturated carbocycles. The summed E-state index contributed by atoms with van der Waals surface area (Å²) in [5, 5.41) is 9.10. The van der Waals surface area contributed by atoms with Crippen LogP contribution in [-0.2, 0) is 9.53 Å². The molecule has 1 N–H and O–H groups in total. The van der Waals surface area contributed by atoms with Crippen LogP contribution in [0.1, 0.15) is 6.42 Å². The lowest BCUT2D eigenvalue weighted by atomic mass is 10.2. The second kappa shape index (κ2) is 6.05. The predicted molar refractivity (Wildman–Crippen MR) is 56.6 cm³/mol. The van der Waals surface area contributed by atoms with Crippen LogP contribution in [0.25, 0.3) is 0 Å². The highest BCUT2D eigenvalue weighted by atomic mass is 16.5. The topological polar surface area (TPSA) is 53.0 Å². The van der Waals surface area contributed by atoms with Crippen LogP contribution < -0.4 is 0 Å². The van der Waals surface area contributed by atoms with Gasteiger partial charge in [0, 0.05) is 19.5 Å². The summed E-state index contributed by atoms with van der Waals surface area (Å²) in [6, 6.07) is -0.159. The minimum atomic E-state index is -0.159. The standard InChI is InChI=1S/C10H20N2O3/c1-11(2)4-3-10(14)12-5-6-15-8-9(12)7-13/h9,13H,3-8H2,1-2H3. The van der Waals surface area contributed by atoms with Gasteiger partial charge < -0.3 is 19.6 Å². The summed E-state index contributed by atoms with van der Waals surface area (Å²) < 4.78 is 5.21. The molecule has 1 unspecified atom stereocenters. The normalized spacial score (nSPS) is 22.1. The van der Waals surface area contributed by atoms with Gasteiger partial charge in [-0.1, -0.05) is 0 Å². The first-order valence-electron chi connectivity index (χ1n) is 5.28. The van der Waals surface area contributed by atoms with E-state index in [-0.39, 0.29) is 18.6 Å². The van der Waals surface area contributed by atoms with Crippen molar-refractivity contribution < 1.29 is 14.6 Å². The number of aliphatic hydroxyl groups is 1.